The molecule has 4 aromatic carbocycles. The molecule has 38 heavy (non-hydrogen) atoms. The molecule has 0 unspecified atom stereocenters. The van der Waals surface area contributed by atoms with E-state index in [1.807, 2.05) is 29.2 Å². The Balaban J connectivity index is 0.00000336. The summed E-state index contributed by atoms with van der Waals surface area (Å²) in [5.74, 6) is 1.76. The van der Waals surface area contributed by atoms with Crippen LogP contribution in [0.1, 0.15) is 27.5 Å². The predicted octanol–water partition coefficient (Wildman–Crippen LogP) is 1.000. The number of nitrogens with zero attached hydrogens (tertiary/aromatic N) is 1. The Hall–Kier alpha value is -3.74. The lowest BCUT2D eigenvalue weighted by atomic mass is 9.96. The number of rotatable bonds is 7. The van der Waals surface area contributed by atoms with Gasteiger partial charge in [0.05, 0.1) is 47.5 Å². The highest BCUT2D eigenvalue weighted by atomic mass is 35.5. The maximum atomic E-state index is 13.5. The number of hydrogen-bond donors (Lipinski definition) is 1. The van der Waals surface area contributed by atoms with Crippen LogP contribution in [0.5, 0.6) is 17.2 Å². The van der Waals surface area contributed by atoms with E-state index in [1.54, 1.807) is 21.3 Å². The van der Waals surface area contributed by atoms with Crippen LogP contribution >= 0.6 is 0 Å². The summed E-state index contributed by atoms with van der Waals surface area (Å²) in [6, 6.07) is 29.2. The lowest BCUT2D eigenvalue weighted by Gasteiger charge is -2.37. The van der Waals surface area contributed by atoms with Gasteiger partial charge in [0, 0.05) is 22.1 Å². The van der Waals surface area contributed by atoms with E-state index in [9.17, 15) is 4.79 Å². The minimum absolute atomic E-state index is 0. The number of nitrogens with one attached hydrogen (secondary N) is 1. The summed E-state index contributed by atoms with van der Waals surface area (Å²) < 4.78 is 16.6. The zero-order valence-corrected chi connectivity index (χ0v) is 22.7. The summed E-state index contributed by atoms with van der Waals surface area (Å²) in [5, 5.41) is 1.75. The van der Waals surface area contributed by atoms with E-state index in [4.69, 9.17) is 14.2 Å². The van der Waals surface area contributed by atoms with Crippen LogP contribution in [-0.4, -0.2) is 58.3 Å². The van der Waals surface area contributed by atoms with E-state index < -0.39 is 0 Å². The van der Waals surface area contributed by atoms with Crippen LogP contribution in [0.15, 0.2) is 84.9 Å². The van der Waals surface area contributed by atoms with E-state index in [-0.39, 0.29) is 24.4 Å². The molecule has 4 aromatic rings. The zero-order chi connectivity index (χ0) is 25.8. The van der Waals surface area contributed by atoms with Crippen LogP contribution in [0.2, 0.25) is 0 Å². The van der Waals surface area contributed by atoms with Gasteiger partial charge < -0.3 is 36.4 Å². The molecule has 5 rings (SSSR count). The van der Waals surface area contributed by atoms with Crippen molar-refractivity contribution in [3.05, 3.63) is 102 Å². The molecule has 6 nitrogen and oxygen atoms in total. The van der Waals surface area contributed by atoms with Crippen molar-refractivity contribution in [2.75, 3.05) is 47.5 Å². The van der Waals surface area contributed by atoms with Crippen molar-refractivity contribution >= 4 is 16.7 Å². The molecule has 0 bridgehead atoms. The number of methoxy groups -OCH3 is 3. The third-order valence-corrected chi connectivity index (χ3v) is 7.25. The topological polar surface area (TPSA) is 52.4 Å². The molecule has 1 N–H and O–H groups in total. The molecule has 1 amide bonds. The van der Waals surface area contributed by atoms with E-state index in [2.05, 4.69) is 60.7 Å². The fourth-order valence-corrected chi connectivity index (χ4v) is 5.43. The minimum Gasteiger partial charge on any atom is -1.00 e. The summed E-state index contributed by atoms with van der Waals surface area (Å²) in [5.41, 5.74) is 3.26. The second kappa shape index (κ2) is 12.2. The molecule has 0 aliphatic carbocycles. The van der Waals surface area contributed by atoms with E-state index >= 15 is 0 Å². The summed E-state index contributed by atoms with van der Waals surface area (Å²) in [6.45, 7) is 3.18. The summed E-state index contributed by atoms with van der Waals surface area (Å²) in [7, 11) is 4.79. The number of piperazine rings is 1. The molecule has 0 aromatic heterocycles. The second-order valence-electron chi connectivity index (χ2n) is 9.29. The average Bonchev–Trinajstić information content (AvgIpc) is 2.97. The zero-order valence-electron chi connectivity index (χ0n) is 21.9. The van der Waals surface area contributed by atoms with Gasteiger partial charge in [0.2, 0.25) is 5.75 Å². The molecule has 1 fully saturated rings. The Morgan fingerprint density at radius 1 is 0.763 bits per heavy atom. The Bertz CT molecular complexity index is 1330. The van der Waals surface area contributed by atoms with Gasteiger partial charge in [-0.1, -0.05) is 60.7 Å². The van der Waals surface area contributed by atoms with E-state index in [0.717, 1.165) is 23.9 Å². The second-order valence-corrected chi connectivity index (χ2v) is 9.29. The van der Waals surface area contributed by atoms with Gasteiger partial charge in [-0.3, -0.25) is 4.79 Å². The van der Waals surface area contributed by atoms with Gasteiger partial charge in [-0.15, -0.1) is 0 Å². The van der Waals surface area contributed by atoms with Gasteiger partial charge in [0.1, 0.15) is 6.04 Å². The van der Waals surface area contributed by atoms with Crippen molar-refractivity contribution in [1.29, 1.82) is 0 Å². The standard InChI is InChI=1S/C31H32N2O4.ClH/c1-35-27-21-25-20-24(14-15-26(25)29(36-2)30(27)37-3)31(34)33-18-16-32(17-19-33)28(22-10-6-4-7-11-22)23-12-8-5-9-13-23;/h4-15,20-21,28H,16-19H2,1-3H3;1H. The van der Waals surface area contributed by atoms with Crippen LogP contribution in [0.4, 0.5) is 0 Å². The Labute approximate surface area is 230 Å². The number of amides is 1. The Morgan fingerprint density at radius 3 is 1.87 bits per heavy atom. The predicted molar refractivity (Wildman–Crippen MR) is 145 cm³/mol. The molecule has 1 aliphatic heterocycles. The summed E-state index contributed by atoms with van der Waals surface area (Å²) in [4.78, 5) is 17.0. The molecule has 0 saturated carbocycles. The molecule has 0 atom stereocenters. The number of benzene rings is 4. The van der Waals surface area contributed by atoms with Crippen molar-refractivity contribution in [3.63, 3.8) is 0 Å². The number of carbonyl (C=O) groups is 1. The SMILES string of the molecule is COc1cc2cc(C(=O)N3CC[NH+](C(c4ccccc4)c4ccccc4)CC3)ccc2c(OC)c1OC.[Cl-]. The number of quaternary nitrogens is 1. The number of fused-ring (bicyclic) bond motifs is 1. The molecule has 0 spiro atoms. The Kier molecular flexibility index (Phi) is 8.77. The molecular formula is C31H33ClN2O4. The highest BCUT2D eigenvalue weighted by Crippen LogP contribution is 2.43. The fraction of sp³-hybridized carbons (Fsp3) is 0.258. The first kappa shape index (κ1) is 27.3. The summed E-state index contributed by atoms with van der Waals surface area (Å²) >= 11 is 0. The van der Waals surface area contributed by atoms with Gasteiger partial charge >= 0.3 is 0 Å². The van der Waals surface area contributed by atoms with Crippen molar-refractivity contribution in [2.45, 2.75) is 6.04 Å². The normalized spacial score (nSPS) is 13.7. The monoisotopic (exact) mass is 532 g/mol. The lowest BCUT2D eigenvalue weighted by Crippen LogP contribution is -3.15. The minimum atomic E-state index is 0. The first-order chi connectivity index (χ1) is 18.1. The summed E-state index contributed by atoms with van der Waals surface area (Å²) in [6.07, 6.45) is 0. The Morgan fingerprint density at radius 2 is 1.34 bits per heavy atom. The fourth-order valence-electron chi connectivity index (χ4n) is 5.43. The number of ether oxygens (including phenoxy) is 3. The molecule has 7 heteroatoms. The molecule has 1 heterocycles. The number of halogens is 1. The first-order valence-electron chi connectivity index (χ1n) is 12.6. The maximum Gasteiger partial charge on any atom is 0.254 e. The van der Waals surface area contributed by atoms with Crippen molar-refractivity contribution < 1.29 is 36.3 Å². The maximum absolute atomic E-state index is 13.5. The van der Waals surface area contributed by atoms with Crippen LogP contribution in [-0.2, 0) is 0 Å². The van der Waals surface area contributed by atoms with Gasteiger partial charge in [-0.05, 0) is 29.7 Å². The molecular weight excluding hydrogens is 500 g/mol. The van der Waals surface area contributed by atoms with E-state index in [0.29, 0.717) is 35.9 Å². The smallest absolute Gasteiger partial charge is 0.254 e. The van der Waals surface area contributed by atoms with Crippen molar-refractivity contribution in [3.8, 4) is 17.2 Å². The van der Waals surface area contributed by atoms with E-state index in [1.165, 1.54) is 16.0 Å². The third kappa shape index (κ3) is 5.28. The molecule has 1 aliphatic rings. The highest BCUT2D eigenvalue weighted by Gasteiger charge is 2.32. The van der Waals surface area contributed by atoms with Crippen molar-refractivity contribution in [1.82, 2.24) is 4.90 Å². The first-order valence-corrected chi connectivity index (χ1v) is 12.6. The van der Waals surface area contributed by atoms with Crippen LogP contribution in [0.25, 0.3) is 10.8 Å². The van der Waals surface area contributed by atoms with Crippen molar-refractivity contribution in [2.24, 2.45) is 0 Å². The number of carbonyl (C=O) groups excluding carboxylic acids is 1. The molecule has 0 radical (unpaired) electrons. The quantitative estimate of drug-likeness (QED) is 0.386. The lowest BCUT2D eigenvalue weighted by molar-refractivity contribution is -0.929. The average molecular weight is 533 g/mol. The van der Waals surface area contributed by atoms with Gasteiger partial charge in [0.25, 0.3) is 5.91 Å². The highest BCUT2D eigenvalue weighted by molar-refractivity contribution is 6.01. The van der Waals surface area contributed by atoms with Crippen LogP contribution < -0.4 is 31.5 Å². The third-order valence-electron chi connectivity index (χ3n) is 7.25. The van der Waals surface area contributed by atoms with Gasteiger partial charge in [-0.25, -0.2) is 0 Å². The van der Waals surface area contributed by atoms with Gasteiger partial charge in [-0.2, -0.15) is 0 Å². The largest absolute Gasteiger partial charge is 1.00 e. The molecule has 1 saturated heterocycles. The number of hydrogen-bond acceptors (Lipinski definition) is 4. The van der Waals surface area contributed by atoms with Crippen LogP contribution in [0, 0.1) is 0 Å². The van der Waals surface area contributed by atoms with Crippen LogP contribution in [0.3, 0.4) is 0 Å². The van der Waals surface area contributed by atoms with Gasteiger partial charge in [0.15, 0.2) is 11.5 Å². The molecule has 198 valence electrons.